The molecule has 0 spiro atoms. The number of amides is 1. The van der Waals surface area contributed by atoms with E-state index < -0.39 is 11.7 Å². The minimum absolute atomic E-state index is 0.0891. The molecule has 2 aromatic rings. The number of benzene rings is 1. The summed E-state index contributed by atoms with van der Waals surface area (Å²) in [5, 5.41) is 2.57. The molecule has 2 rings (SSSR count). The highest BCUT2D eigenvalue weighted by molar-refractivity contribution is 9.10. The number of nitrogens with zero attached hydrogens (tertiary/aromatic N) is 2. The number of aromatic nitrogens is 2. The molecule has 3 N–H and O–H groups in total. The third kappa shape index (κ3) is 2.80. The Balaban J connectivity index is 2.21. The fraction of sp³-hybridized carbons (Fsp3) is 0. The molecule has 92 valence electrons. The molecule has 0 aliphatic carbocycles. The number of anilines is 2. The second kappa shape index (κ2) is 5.09. The Morgan fingerprint density at radius 2 is 2.17 bits per heavy atom. The van der Waals surface area contributed by atoms with Gasteiger partial charge in [0.1, 0.15) is 17.3 Å². The monoisotopic (exact) mass is 310 g/mol. The zero-order valence-corrected chi connectivity index (χ0v) is 10.6. The standard InChI is InChI=1S/C11H8BrFN4O/c12-7-3-6(13)1-2-8(7)17-11(18)9-4-15-5-10(14)16-9/h1-5H,(H2,14,16)(H,17,18). The van der Waals surface area contributed by atoms with Crippen molar-refractivity contribution in [2.75, 3.05) is 11.1 Å². The Morgan fingerprint density at radius 1 is 1.39 bits per heavy atom. The average molecular weight is 311 g/mol. The first-order chi connectivity index (χ1) is 8.56. The van der Waals surface area contributed by atoms with Gasteiger partial charge in [-0.3, -0.25) is 9.78 Å². The van der Waals surface area contributed by atoms with E-state index in [4.69, 9.17) is 5.73 Å². The third-order valence-corrected chi connectivity index (χ3v) is 2.72. The van der Waals surface area contributed by atoms with Crippen LogP contribution in [0.15, 0.2) is 35.1 Å². The van der Waals surface area contributed by atoms with Crippen molar-refractivity contribution in [3.8, 4) is 0 Å². The van der Waals surface area contributed by atoms with Crippen LogP contribution in [0.2, 0.25) is 0 Å². The highest BCUT2D eigenvalue weighted by Gasteiger charge is 2.10. The molecule has 0 saturated heterocycles. The largest absolute Gasteiger partial charge is 0.382 e. The normalized spacial score (nSPS) is 10.1. The molecule has 5 nitrogen and oxygen atoms in total. The van der Waals surface area contributed by atoms with Gasteiger partial charge in [-0.2, -0.15) is 0 Å². The van der Waals surface area contributed by atoms with Crippen molar-refractivity contribution in [2.24, 2.45) is 0 Å². The summed E-state index contributed by atoms with van der Waals surface area (Å²) in [5.74, 6) is -0.716. The molecule has 0 fully saturated rings. The summed E-state index contributed by atoms with van der Waals surface area (Å²) < 4.78 is 13.3. The van der Waals surface area contributed by atoms with Gasteiger partial charge in [-0.15, -0.1) is 0 Å². The zero-order valence-electron chi connectivity index (χ0n) is 9.02. The maximum absolute atomic E-state index is 12.9. The number of halogens is 2. The number of carbonyl (C=O) groups excluding carboxylic acids is 1. The van der Waals surface area contributed by atoms with E-state index in [9.17, 15) is 9.18 Å². The number of nitrogen functional groups attached to an aromatic ring is 1. The predicted octanol–water partition coefficient (Wildman–Crippen LogP) is 2.21. The lowest BCUT2D eigenvalue weighted by molar-refractivity contribution is 0.102. The Kier molecular flexibility index (Phi) is 3.52. The molecule has 1 amide bonds. The van der Waals surface area contributed by atoms with Crippen LogP contribution < -0.4 is 11.1 Å². The fourth-order valence-electron chi connectivity index (χ4n) is 1.27. The Morgan fingerprint density at radius 3 is 2.83 bits per heavy atom. The average Bonchev–Trinajstić information content (AvgIpc) is 2.32. The van der Waals surface area contributed by atoms with Gasteiger partial charge in [0.25, 0.3) is 5.91 Å². The van der Waals surface area contributed by atoms with Crippen LogP contribution in [0.25, 0.3) is 0 Å². The van der Waals surface area contributed by atoms with Crippen molar-refractivity contribution in [3.05, 3.63) is 46.6 Å². The van der Waals surface area contributed by atoms with Crippen LogP contribution in [0.3, 0.4) is 0 Å². The second-order valence-corrected chi connectivity index (χ2v) is 4.26. The first-order valence-electron chi connectivity index (χ1n) is 4.90. The van der Waals surface area contributed by atoms with Gasteiger partial charge in [0.05, 0.1) is 18.1 Å². The number of nitrogens with one attached hydrogen (secondary N) is 1. The van der Waals surface area contributed by atoms with Gasteiger partial charge in [0.15, 0.2) is 0 Å². The molecule has 1 heterocycles. The SMILES string of the molecule is Nc1cncc(C(=O)Nc2ccc(F)cc2Br)n1. The van der Waals surface area contributed by atoms with E-state index in [1.165, 1.54) is 30.6 Å². The second-order valence-electron chi connectivity index (χ2n) is 3.41. The van der Waals surface area contributed by atoms with Crippen LogP contribution in [-0.2, 0) is 0 Å². The summed E-state index contributed by atoms with van der Waals surface area (Å²) >= 11 is 3.15. The lowest BCUT2D eigenvalue weighted by atomic mass is 10.3. The molecule has 7 heteroatoms. The van der Waals surface area contributed by atoms with Gasteiger partial charge in [0.2, 0.25) is 0 Å². The summed E-state index contributed by atoms with van der Waals surface area (Å²) in [7, 11) is 0. The summed E-state index contributed by atoms with van der Waals surface area (Å²) in [6, 6.07) is 3.93. The third-order valence-electron chi connectivity index (χ3n) is 2.07. The summed E-state index contributed by atoms with van der Waals surface area (Å²) in [6.45, 7) is 0. The van der Waals surface area contributed by atoms with E-state index in [1.807, 2.05) is 0 Å². The van der Waals surface area contributed by atoms with Gasteiger partial charge in [0, 0.05) is 4.47 Å². The molecule has 0 unspecified atom stereocenters. The van der Waals surface area contributed by atoms with E-state index >= 15 is 0 Å². The van der Waals surface area contributed by atoms with Crippen LogP contribution >= 0.6 is 15.9 Å². The lowest BCUT2D eigenvalue weighted by Gasteiger charge is -2.06. The van der Waals surface area contributed by atoms with Crippen molar-refractivity contribution in [1.29, 1.82) is 0 Å². The molecule has 0 atom stereocenters. The number of hydrogen-bond donors (Lipinski definition) is 2. The summed E-state index contributed by atoms with van der Waals surface area (Å²) in [4.78, 5) is 19.4. The Labute approximate surface area is 110 Å². The van der Waals surface area contributed by atoms with E-state index in [1.54, 1.807) is 0 Å². The maximum Gasteiger partial charge on any atom is 0.275 e. The van der Waals surface area contributed by atoms with E-state index in [2.05, 4.69) is 31.2 Å². The van der Waals surface area contributed by atoms with Crippen LogP contribution in [0, 0.1) is 5.82 Å². The number of carbonyl (C=O) groups is 1. The first kappa shape index (κ1) is 12.4. The Hall–Kier alpha value is -2.02. The zero-order chi connectivity index (χ0) is 13.1. The fourth-order valence-corrected chi connectivity index (χ4v) is 1.72. The molecule has 1 aromatic heterocycles. The van der Waals surface area contributed by atoms with Crippen molar-refractivity contribution in [3.63, 3.8) is 0 Å². The molecule has 1 aromatic carbocycles. The summed E-state index contributed by atoms with van der Waals surface area (Å²) in [6.07, 6.45) is 2.63. The highest BCUT2D eigenvalue weighted by Crippen LogP contribution is 2.23. The van der Waals surface area contributed by atoms with Crippen molar-refractivity contribution < 1.29 is 9.18 Å². The van der Waals surface area contributed by atoms with Gasteiger partial charge >= 0.3 is 0 Å². The maximum atomic E-state index is 12.9. The van der Waals surface area contributed by atoms with Crippen LogP contribution in [-0.4, -0.2) is 15.9 Å². The highest BCUT2D eigenvalue weighted by atomic mass is 79.9. The minimum atomic E-state index is -0.470. The molecular weight excluding hydrogens is 303 g/mol. The first-order valence-corrected chi connectivity index (χ1v) is 5.69. The molecular formula is C11H8BrFN4O. The van der Waals surface area contributed by atoms with E-state index in [0.717, 1.165) is 0 Å². The predicted molar refractivity (Wildman–Crippen MR) is 68.5 cm³/mol. The van der Waals surface area contributed by atoms with Crippen LogP contribution in [0.1, 0.15) is 10.5 Å². The van der Waals surface area contributed by atoms with Crippen LogP contribution in [0.4, 0.5) is 15.9 Å². The summed E-state index contributed by atoms with van der Waals surface area (Å²) in [5.41, 5.74) is 5.95. The molecule has 0 saturated carbocycles. The number of hydrogen-bond acceptors (Lipinski definition) is 4. The minimum Gasteiger partial charge on any atom is -0.382 e. The van der Waals surface area contributed by atoms with Gasteiger partial charge in [-0.1, -0.05) is 0 Å². The Bertz CT molecular complexity index is 605. The van der Waals surface area contributed by atoms with Crippen molar-refractivity contribution in [1.82, 2.24) is 9.97 Å². The van der Waals surface area contributed by atoms with Gasteiger partial charge in [-0.05, 0) is 34.1 Å². The van der Waals surface area contributed by atoms with Crippen LogP contribution in [0.5, 0.6) is 0 Å². The molecule has 0 radical (unpaired) electrons. The number of rotatable bonds is 2. The number of nitrogens with two attached hydrogens (primary N) is 1. The quantitative estimate of drug-likeness (QED) is 0.891. The van der Waals surface area contributed by atoms with Crippen molar-refractivity contribution in [2.45, 2.75) is 0 Å². The molecule has 0 aliphatic rings. The molecule has 0 aliphatic heterocycles. The molecule has 18 heavy (non-hydrogen) atoms. The van der Waals surface area contributed by atoms with E-state index in [-0.39, 0.29) is 11.5 Å². The smallest absolute Gasteiger partial charge is 0.275 e. The lowest BCUT2D eigenvalue weighted by Crippen LogP contribution is -2.15. The van der Waals surface area contributed by atoms with Crippen molar-refractivity contribution >= 4 is 33.3 Å². The topological polar surface area (TPSA) is 80.9 Å². The molecule has 0 bridgehead atoms. The van der Waals surface area contributed by atoms with E-state index in [0.29, 0.717) is 10.2 Å². The van der Waals surface area contributed by atoms with Gasteiger partial charge < -0.3 is 11.1 Å². The van der Waals surface area contributed by atoms with Gasteiger partial charge in [-0.25, -0.2) is 9.37 Å².